The molecule has 136 valence electrons. The normalized spacial score (nSPS) is 18.1. The molecule has 6 heteroatoms. The Labute approximate surface area is 153 Å². The van der Waals surface area contributed by atoms with E-state index >= 15 is 0 Å². The van der Waals surface area contributed by atoms with Crippen LogP contribution in [0.15, 0.2) is 42.5 Å². The quantitative estimate of drug-likeness (QED) is 0.875. The first-order chi connectivity index (χ1) is 11.7. The minimum Gasteiger partial charge on any atom is -0.493 e. The van der Waals surface area contributed by atoms with Gasteiger partial charge in [0.25, 0.3) is 0 Å². The molecule has 0 aliphatic carbocycles. The summed E-state index contributed by atoms with van der Waals surface area (Å²) in [5.74, 6) is 0.512. The van der Waals surface area contributed by atoms with E-state index in [1.54, 1.807) is 6.07 Å². The van der Waals surface area contributed by atoms with Crippen LogP contribution >= 0.6 is 12.4 Å². The molecule has 0 radical (unpaired) electrons. The number of morpholine rings is 1. The summed E-state index contributed by atoms with van der Waals surface area (Å²) in [4.78, 5) is 0. The van der Waals surface area contributed by atoms with Crippen LogP contribution in [0.2, 0.25) is 0 Å². The van der Waals surface area contributed by atoms with Crippen molar-refractivity contribution in [2.24, 2.45) is 0 Å². The minimum atomic E-state index is -0.359. The lowest BCUT2D eigenvalue weighted by Gasteiger charge is -2.32. The Morgan fingerprint density at radius 3 is 2.72 bits per heavy atom. The van der Waals surface area contributed by atoms with Gasteiger partial charge in [-0.3, -0.25) is 0 Å². The number of ether oxygens (including phenoxy) is 3. The van der Waals surface area contributed by atoms with E-state index < -0.39 is 0 Å². The molecule has 1 fully saturated rings. The monoisotopic (exact) mass is 367 g/mol. The van der Waals surface area contributed by atoms with Gasteiger partial charge in [-0.15, -0.1) is 12.4 Å². The van der Waals surface area contributed by atoms with Gasteiger partial charge in [-0.25, -0.2) is 4.39 Å². The van der Waals surface area contributed by atoms with Gasteiger partial charge in [0.15, 0.2) is 17.6 Å². The van der Waals surface area contributed by atoms with E-state index in [1.807, 2.05) is 25.1 Å². The average molecular weight is 368 g/mol. The molecule has 0 saturated carbocycles. The zero-order valence-corrected chi connectivity index (χ0v) is 15.1. The van der Waals surface area contributed by atoms with Gasteiger partial charge in [-0.1, -0.05) is 29.8 Å². The summed E-state index contributed by atoms with van der Waals surface area (Å²) in [6.45, 7) is 4.20. The SMILES string of the molecule is COc1cc(F)ccc1OC(c1cccc(C)c1)[C@@H]1CNCCO1.Cl. The van der Waals surface area contributed by atoms with E-state index in [9.17, 15) is 4.39 Å². The first kappa shape index (κ1) is 19.5. The predicted molar refractivity (Wildman–Crippen MR) is 97.4 cm³/mol. The van der Waals surface area contributed by atoms with Crippen LogP contribution in [0.25, 0.3) is 0 Å². The highest BCUT2D eigenvalue weighted by Gasteiger charge is 2.29. The second kappa shape index (κ2) is 9.04. The highest BCUT2D eigenvalue weighted by Crippen LogP contribution is 2.34. The summed E-state index contributed by atoms with van der Waals surface area (Å²) in [6, 6.07) is 12.4. The predicted octanol–water partition coefficient (Wildman–Crippen LogP) is 3.67. The Morgan fingerprint density at radius 1 is 1.20 bits per heavy atom. The van der Waals surface area contributed by atoms with Crippen molar-refractivity contribution in [3.8, 4) is 11.5 Å². The van der Waals surface area contributed by atoms with Crippen LogP contribution in [0.3, 0.4) is 0 Å². The van der Waals surface area contributed by atoms with Gasteiger partial charge in [-0.2, -0.15) is 0 Å². The zero-order chi connectivity index (χ0) is 16.9. The lowest BCUT2D eigenvalue weighted by atomic mass is 10.0. The lowest BCUT2D eigenvalue weighted by Crippen LogP contribution is -2.43. The Morgan fingerprint density at radius 2 is 2.04 bits per heavy atom. The van der Waals surface area contributed by atoms with Crippen molar-refractivity contribution in [1.82, 2.24) is 5.32 Å². The summed E-state index contributed by atoms with van der Waals surface area (Å²) < 4.78 is 30.8. The summed E-state index contributed by atoms with van der Waals surface area (Å²) in [6.07, 6.45) is -0.438. The molecule has 2 aromatic carbocycles. The van der Waals surface area contributed by atoms with Gasteiger partial charge in [0.05, 0.1) is 13.7 Å². The van der Waals surface area contributed by atoms with Gasteiger partial charge < -0.3 is 19.5 Å². The average Bonchev–Trinajstić information content (AvgIpc) is 2.61. The molecule has 3 rings (SSSR count). The fraction of sp³-hybridized carbons (Fsp3) is 0.368. The smallest absolute Gasteiger partial charge is 0.163 e. The Hall–Kier alpha value is -1.82. The van der Waals surface area contributed by atoms with Crippen molar-refractivity contribution in [3.05, 3.63) is 59.4 Å². The number of methoxy groups -OCH3 is 1. The zero-order valence-electron chi connectivity index (χ0n) is 14.3. The van der Waals surface area contributed by atoms with Crippen LogP contribution in [0.4, 0.5) is 4.39 Å². The van der Waals surface area contributed by atoms with Crippen molar-refractivity contribution in [3.63, 3.8) is 0 Å². The van der Waals surface area contributed by atoms with Crippen LogP contribution in [-0.2, 0) is 4.74 Å². The topological polar surface area (TPSA) is 39.7 Å². The molecule has 1 heterocycles. The summed E-state index contributed by atoms with van der Waals surface area (Å²) in [7, 11) is 1.50. The van der Waals surface area contributed by atoms with Crippen LogP contribution in [0.1, 0.15) is 17.2 Å². The Bertz CT molecular complexity index is 692. The first-order valence-corrected chi connectivity index (χ1v) is 8.06. The Kier molecular flexibility index (Phi) is 7.05. The van der Waals surface area contributed by atoms with Crippen molar-refractivity contribution in [2.45, 2.75) is 19.1 Å². The van der Waals surface area contributed by atoms with Gasteiger partial charge in [0, 0.05) is 19.2 Å². The van der Waals surface area contributed by atoms with E-state index in [2.05, 4.69) is 11.4 Å². The molecule has 0 bridgehead atoms. The molecule has 2 aromatic rings. The van der Waals surface area contributed by atoms with Crippen molar-refractivity contribution < 1.29 is 18.6 Å². The minimum absolute atomic E-state index is 0. The molecule has 0 aromatic heterocycles. The third kappa shape index (κ3) is 4.84. The molecule has 1 unspecified atom stereocenters. The number of hydrogen-bond acceptors (Lipinski definition) is 4. The molecule has 25 heavy (non-hydrogen) atoms. The number of halogens is 2. The third-order valence-electron chi connectivity index (χ3n) is 4.04. The van der Waals surface area contributed by atoms with Crippen molar-refractivity contribution >= 4 is 12.4 Å². The largest absolute Gasteiger partial charge is 0.493 e. The van der Waals surface area contributed by atoms with Gasteiger partial charge in [0.2, 0.25) is 0 Å². The highest BCUT2D eigenvalue weighted by molar-refractivity contribution is 5.85. The molecule has 1 aliphatic rings. The van der Waals surface area contributed by atoms with Crippen LogP contribution < -0.4 is 14.8 Å². The fourth-order valence-corrected chi connectivity index (χ4v) is 2.86. The summed E-state index contributed by atoms with van der Waals surface area (Å²) in [5.41, 5.74) is 2.17. The molecule has 0 spiro atoms. The summed E-state index contributed by atoms with van der Waals surface area (Å²) in [5, 5.41) is 3.33. The second-order valence-electron chi connectivity index (χ2n) is 5.86. The van der Waals surface area contributed by atoms with Crippen molar-refractivity contribution in [2.75, 3.05) is 26.8 Å². The van der Waals surface area contributed by atoms with Gasteiger partial charge in [0.1, 0.15) is 11.9 Å². The lowest BCUT2D eigenvalue weighted by molar-refractivity contribution is -0.0438. The van der Waals surface area contributed by atoms with Crippen LogP contribution in [-0.4, -0.2) is 32.9 Å². The second-order valence-corrected chi connectivity index (χ2v) is 5.86. The van der Waals surface area contributed by atoms with E-state index in [1.165, 1.54) is 19.2 Å². The molecular formula is C19H23ClFNO3. The molecule has 1 N–H and O–H groups in total. The van der Waals surface area contributed by atoms with E-state index in [-0.39, 0.29) is 30.4 Å². The maximum atomic E-state index is 13.4. The fourth-order valence-electron chi connectivity index (χ4n) is 2.86. The van der Waals surface area contributed by atoms with E-state index in [0.29, 0.717) is 24.7 Å². The number of benzene rings is 2. The van der Waals surface area contributed by atoms with Gasteiger partial charge >= 0.3 is 0 Å². The maximum absolute atomic E-state index is 13.4. The standard InChI is InChI=1S/C19H22FNO3.ClH/c1-13-4-3-5-14(10-13)19(18-12-21-8-9-23-18)24-16-7-6-15(20)11-17(16)22-2;/h3-7,10-11,18-19,21H,8-9,12H2,1-2H3;1H/t18-,19?;/m0./s1. The first-order valence-electron chi connectivity index (χ1n) is 8.06. The van der Waals surface area contributed by atoms with Gasteiger partial charge in [-0.05, 0) is 24.6 Å². The number of aryl methyl sites for hydroxylation is 1. The molecule has 2 atom stereocenters. The highest BCUT2D eigenvalue weighted by atomic mass is 35.5. The number of rotatable bonds is 5. The molecule has 1 aliphatic heterocycles. The number of hydrogen-bond donors (Lipinski definition) is 1. The number of nitrogens with one attached hydrogen (secondary N) is 1. The maximum Gasteiger partial charge on any atom is 0.163 e. The Balaban J connectivity index is 0.00000225. The van der Waals surface area contributed by atoms with Crippen LogP contribution in [0.5, 0.6) is 11.5 Å². The molecule has 0 amide bonds. The molecule has 1 saturated heterocycles. The molecular weight excluding hydrogens is 345 g/mol. The van der Waals surface area contributed by atoms with Crippen molar-refractivity contribution in [1.29, 1.82) is 0 Å². The third-order valence-corrected chi connectivity index (χ3v) is 4.04. The van der Waals surface area contributed by atoms with E-state index in [0.717, 1.165) is 17.7 Å². The van der Waals surface area contributed by atoms with Crippen LogP contribution in [0, 0.1) is 12.7 Å². The summed E-state index contributed by atoms with van der Waals surface area (Å²) >= 11 is 0. The van der Waals surface area contributed by atoms with E-state index in [4.69, 9.17) is 14.2 Å². The molecule has 4 nitrogen and oxygen atoms in total.